The zero-order valence-corrected chi connectivity index (χ0v) is 52.5. The van der Waals surface area contributed by atoms with Gasteiger partial charge in [-0.2, -0.15) is 0 Å². The van der Waals surface area contributed by atoms with Crippen molar-refractivity contribution < 1.29 is 19.1 Å². The van der Waals surface area contributed by atoms with Gasteiger partial charge in [-0.1, -0.05) is 243 Å². The molecule has 9 aromatic carbocycles. The van der Waals surface area contributed by atoms with Crippen LogP contribution in [0.5, 0.6) is 0 Å². The number of benzene rings is 9. The van der Waals surface area contributed by atoms with Gasteiger partial charge in [0.1, 0.15) is 12.4 Å². The molecule has 0 N–H and O–H groups in total. The van der Waals surface area contributed by atoms with Gasteiger partial charge < -0.3 is 19.3 Å². The van der Waals surface area contributed by atoms with E-state index in [9.17, 15) is 9.59 Å². The van der Waals surface area contributed by atoms with Crippen LogP contribution in [-0.4, -0.2) is 30.6 Å². The summed E-state index contributed by atoms with van der Waals surface area (Å²) in [5, 5.41) is 0. The van der Waals surface area contributed by atoms with Crippen LogP contribution in [0.25, 0.3) is 44.5 Å². The zero-order chi connectivity index (χ0) is 60.9. The highest BCUT2D eigenvalue weighted by molar-refractivity contribution is 5.85. The Morgan fingerprint density at radius 1 is 0.345 bits per heavy atom. The Morgan fingerprint density at radius 2 is 0.655 bits per heavy atom. The van der Waals surface area contributed by atoms with Crippen LogP contribution in [0.4, 0.5) is 34.1 Å². The molecule has 9 rings (SSSR count). The normalized spacial score (nSPS) is 11.6. The van der Waals surface area contributed by atoms with Crippen molar-refractivity contribution in [2.45, 2.75) is 143 Å². The number of ketones is 1. The number of hydrogen-bond acceptors (Lipinski definition) is 6. The van der Waals surface area contributed by atoms with E-state index >= 15 is 0 Å². The molecule has 0 unspecified atom stereocenters. The fourth-order valence-corrected chi connectivity index (χ4v) is 11.6. The Morgan fingerprint density at radius 3 is 1.03 bits per heavy atom. The summed E-state index contributed by atoms with van der Waals surface area (Å²) < 4.78 is 11.7. The molecular formula is C81H90N2O4. The first-order valence-electron chi connectivity index (χ1n) is 32.1. The van der Waals surface area contributed by atoms with Crippen LogP contribution < -0.4 is 9.80 Å². The van der Waals surface area contributed by atoms with Crippen molar-refractivity contribution in [1.82, 2.24) is 0 Å². The third-order valence-electron chi connectivity index (χ3n) is 17.0. The highest BCUT2D eigenvalue weighted by Gasteiger charge is 2.26. The van der Waals surface area contributed by atoms with Gasteiger partial charge in [-0.3, -0.25) is 9.59 Å². The second-order valence-corrected chi connectivity index (χ2v) is 24.6. The van der Waals surface area contributed by atoms with Gasteiger partial charge in [0, 0.05) is 52.4 Å². The van der Waals surface area contributed by atoms with Crippen LogP contribution in [0, 0.1) is 5.41 Å². The number of carbonyl (C=O) groups excluding carboxylic acids is 2. The number of anilines is 6. The summed E-state index contributed by atoms with van der Waals surface area (Å²) in [5.41, 5.74) is 17.3. The molecule has 0 aliphatic heterocycles. The minimum atomic E-state index is -0.293. The topological polar surface area (TPSA) is 59.1 Å². The lowest BCUT2D eigenvalue weighted by Gasteiger charge is -2.26. The smallest absolute Gasteiger partial charge is 0.306 e. The highest BCUT2D eigenvalue weighted by Crippen LogP contribution is 2.40. The first-order chi connectivity index (χ1) is 42.4. The highest BCUT2D eigenvalue weighted by atomic mass is 16.6. The minimum absolute atomic E-state index is 0.208. The van der Waals surface area contributed by atoms with E-state index in [1.54, 1.807) is 0 Å². The molecule has 0 bridgehead atoms. The van der Waals surface area contributed by atoms with Crippen molar-refractivity contribution in [2.24, 2.45) is 5.41 Å². The number of Topliss-reactive ketones (excluding diaryl/α,β-unsaturated/α-hetero) is 1. The molecule has 0 saturated heterocycles. The Bertz CT molecular complexity index is 3500. The molecule has 87 heavy (non-hydrogen) atoms. The lowest BCUT2D eigenvalue weighted by Crippen LogP contribution is -2.26. The molecular weight excluding hydrogens is 1060 g/mol. The summed E-state index contributed by atoms with van der Waals surface area (Å²) in [6.45, 7) is 13.6. The molecule has 0 amide bonds. The molecule has 6 heteroatoms. The molecule has 0 saturated carbocycles. The average molecular weight is 1160 g/mol. The fraction of sp³-hybridized carbons (Fsp3) is 0.309. The summed E-state index contributed by atoms with van der Waals surface area (Å²) in [4.78, 5) is 30.9. The van der Waals surface area contributed by atoms with E-state index in [0.29, 0.717) is 31.7 Å². The number of nitrogens with zero attached hydrogens (tertiary/aromatic N) is 2. The lowest BCUT2D eigenvalue weighted by atomic mass is 9.80. The number of ether oxygens (including phenoxy) is 2. The maximum atomic E-state index is 13.5. The average Bonchev–Trinajstić information content (AvgIpc) is 2.59. The van der Waals surface area contributed by atoms with Crippen LogP contribution >= 0.6 is 0 Å². The van der Waals surface area contributed by atoms with Crippen molar-refractivity contribution in [2.75, 3.05) is 23.0 Å². The summed E-state index contributed by atoms with van der Waals surface area (Å²) in [7, 11) is 0. The predicted octanol–water partition coefficient (Wildman–Crippen LogP) is 22.4. The zero-order valence-electron chi connectivity index (χ0n) is 52.5. The van der Waals surface area contributed by atoms with Gasteiger partial charge in [0.2, 0.25) is 0 Å². The van der Waals surface area contributed by atoms with Crippen LogP contribution in [0.1, 0.15) is 136 Å². The molecule has 0 aliphatic rings. The fourth-order valence-electron chi connectivity index (χ4n) is 11.6. The third kappa shape index (κ3) is 18.1. The summed E-state index contributed by atoms with van der Waals surface area (Å²) in [6.07, 6.45) is 15.1. The maximum Gasteiger partial charge on any atom is 0.306 e. The van der Waals surface area contributed by atoms with Gasteiger partial charge in [-0.25, -0.2) is 0 Å². The van der Waals surface area contributed by atoms with E-state index in [0.717, 1.165) is 99.6 Å². The van der Waals surface area contributed by atoms with Gasteiger partial charge in [0.05, 0.1) is 12.2 Å². The number of unbranched alkanes of at least 4 members (excludes halogenated alkanes) is 7. The van der Waals surface area contributed by atoms with Crippen molar-refractivity contribution in [3.05, 3.63) is 242 Å². The Balaban J connectivity index is 0.874. The van der Waals surface area contributed by atoms with Crippen LogP contribution in [0.15, 0.2) is 231 Å². The van der Waals surface area contributed by atoms with E-state index in [1.165, 1.54) is 67.2 Å². The van der Waals surface area contributed by atoms with Crippen LogP contribution in [-0.2, 0) is 31.9 Å². The Hall–Kier alpha value is -8.32. The molecule has 6 nitrogen and oxygen atoms in total. The predicted molar refractivity (Wildman–Crippen MR) is 366 cm³/mol. The minimum Gasteiger partial charge on any atom is -0.463 e. The van der Waals surface area contributed by atoms with E-state index in [4.69, 9.17) is 9.47 Å². The number of aryl methyl sites for hydroxylation is 2. The number of rotatable bonds is 32. The number of hydrogen-bond donors (Lipinski definition) is 0. The van der Waals surface area contributed by atoms with E-state index < -0.39 is 0 Å². The van der Waals surface area contributed by atoms with Crippen molar-refractivity contribution in [1.29, 1.82) is 0 Å². The van der Waals surface area contributed by atoms with Gasteiger partial charge >= 0.3 is 5.97 Å². The third-order valence-corrected chi connectivity index (χ3v) is 17.0. The SMILES string of the molecule is CCCCCCCC(C)(C)C(=O)CCc1ccc(N(c2ccc(-c3ccccc3)cc2)c2ccc(-c3ccc(-c4ccc(N(c5ccc(CCC(=O)OCCOC(C)(C)CCCCCC)cc5)c5ccc(-c6ccccc6)cc5)cc4)cc3)cc2)cc1. The quantitative estimate of drug-likeness (QED) is 0.0309. The van der Waals surface area contributed by atoms with Crippen LogP contribution in [0.3, 0.4) is 0 Å². The summed E-state index contributed by atoms with van der Waals surface area (Å²) in [5.74, 6) is 0.148. The first-order valence-corrected chi connectivity index (χ1v) is 32.1. The molecule has 448 valence electrons. The van der Waals surface area contributed by atoms with E-state index in [1.807, 2.05) is 6.07 Å². The maximum absolute atomic E-state index is 13.5. The second kappa shape index (κ2) is 31.4. The molecule has 0 aromatic heterocycles. The summed E-state index contributed by atoms with van der Waals surface area (Å²) in [6, 6.07) is 82.3. The standard InChI is InChI=1S/C81H90N2O4/c1-7-9-11-13-20-58-80(3,4)78(84)56-30-62-26-44-72(45-27-62)82(74-48-36-68(37-49-74)64-22-16-14-17-23-64)76-52-40-70(41-53-76)66-32-34-67(35-33-66)71-42-54-77(55-43-71)83(75-50-38-69(39-51-75)65-24-18-15-19-25-65)73-46-28-63(29-47-73)31-57-79(85)86-60-61-87-81(5,6)59-21-12-10-8-2/h14-19,22-29,32-55H,7-13,20-21,30-31,56-61H2,1-6H3. The lowest BCUT2D eigenvalue weighted by molar-refractivity contribution is -0.147. The molecule has 0 heterocycles. The van der Waals surface area contributed by atoms with Crippen molar-refractivity contribution in [3.63, 3.8) is 0 Å². The molecule has 0 radical (unpaired) electrons. The Kier molecular flexibility index (Phi) is 22.8. The van der Waals surface area contributed by atoms with Crippen molar-refractivity contribution >= 4 is 45.9 Å². The van der Waals surface area contributed by atoms with Gasteiger partial charge in [-0.15, -0.1) is 0 Å². The largest absolute Gasteiger partial charge is 0.463 e. The van der Waals surface area contributed by atoms with Crippen molar-refractivity contribution in [3.8, 4) is 44.5 Å². The van der Waals surface area contributed by atoms with Gasteiger partial charge in [-0.05, 0) is 168 Å². The Labute approximate surface area is 520 Å². The number of carbonyl (C=O) groups is 2. The van der Waals surface area contributed by atoms with E-state index in [2.05, 4.69) is 276 Å². The molecule has 0 spiro atoms. The van der Waals surface area contributed by atoms with Gasteiger partial charge in [0.25, 0.3) is 0 Å². The monoisotopic (exact) mass is 1150 g/mol. The second-order valence-electron chi connectivity index (χ2n) is 24.6. The number of esters is 1. The van der Waals surface area contributed by atoms with Crippen LogP contribution in [0.2, 0.25) is 0 Å². The molecule has 0 aliphatic carbocycles. The van der Waals surface area contributed by atoms with Gasteiger partial charge in [0.15, 0.2) is 0 Å². The molecule has 0 atom stereocenters. The molecule has 9 aromatic rings. The van der Waals surface area contributed by atoms with E-state index in [-0.39, 0.29) is 23.6 Å². The summed E-state index contributed by atoms with van der Waals surface area (Å²) >= 11 is 0. The first kappa shape index (κ1) is 63.2. The molecule has 0 fully saturated rings.